The van der Waals surface area contributed by atoms with Crippen LogP contribution in [0, 0.1) is 0 Å². The number of benzene rings is 1. The maximum absolute atomic E-state index is 12.4. The number of likely N-dealkylation sites (tertiary alicyclic amines) is 1. The lowest BCUT2D eigenvalue weighted by molar-refractivity contribution is -0.121. The standard InChI is InChI=1S/C20H24N2O3S/c23-20(8-6-15-5-7-17-18(12-15)25-14-24-17)21-13-16(19-4-3-11-26-19)22-9-1-2-10-22/h3-5,7,11-12,16H,1-2,6,8-10,13-14H2,(H,21,23). The van der Waals surface area contributed by atoms with Gasteiger partial charge in [-0.05, 0) is 61.5 Å². The first-order chi connectivity index (χ1) is 12.8. The summed E-state index contributed by atoms with van der Waals surface area (Å²) in [5.41, 5.74) is 1.10. The van der Waals surface area contributed by atoms with Gasteiger partial charge in [0.25, 0.3) is 0 Å². The van der Waals surface area contributed by atoms with Gasteiger partial charge in [0.05, 0.1) is 6.04 Å². The molecule has 4 rings (SSSR count). The Kier molecular flexibility index (Phi) is 5.41. The average Bonchev–Trinajstić information content (AvgIpc) is 3.41. The molecule has 2 aliphatic heterocycles. The number of rotatable bonds is 7. The van der Waals surface area contributed by atoms with Crippen LogP contribution in [0.15, 0.2) is 35.7 Å². The molecule has 1 atom stereocenters. The normalized spacial score (nSPS) is 17.4. The zero-order chi connectivity index (χ0) is 17.8. The summed E-state index contributed by atoms with van der Waals surface area (Å²) in [4.78, 5) is 16.2. The molecule has 0 aliphatic carbocycles. The minimum atomic E-state index is 0.100. The molecule has 1 aromatic carbocycles. The van der Waals surface area contributed by atoms with Gasteiger partial charge < -0.3 is 14.8 Å². The van der Waals surface area contributed by atoms with E-state index in [1.54, 1.807) is 11.3 Å². The smallest absolute Gasteiger partial charge is 0.231 e. The number of carbonyl (C=O) groups excluding carboxylic acids is 1. The Balaban J connectivity index is 1.29. The van der Waals surface area contributed by atoms with Gasteiger partial charge in [-0.15, -0.1) is 11.3 Å². The third kappa shape index (κ3) is 4.02. The largest absolute Gasteiger partial charge is 0.454 e. The molecule has 0 saturated carbocycles. The van der Waals surface area contributed by atoms with Crippen LogP contribution < -0.4 is 14.8 Å². The highest BCUT2D eigenvalue weighted by Gasteiger charge is 2.24. The molecule has 3 heterocycles. The van der Waals surface area contributed by atoms with Crippen LogP contribution in [0.2, 0.25) is 0 Å². The second-order valence-corrected chi connectivity index (χ2v) is 7.75. The summed E-state index contributed by atoms with van der Waals surface area (Å²) < 4.78 is 10.7. The van der Waals surface area contributed by atoms with Crippen molar-refractivity contribution in [3.8, 4) is 11.5 Å². The molecule has 0 bridgehead atoms. The first kappa shape index (κ1) is 17.4. The molecule has 0 spiro atoms. The van der Waals surface area contributed by atoms with E-state index in [4.69, 9.17) is 9.47 Å². The van der Waals surface area contributed by atoms with Gasteiger partial charge in [-0.1, -0.05) is 12.1 Å². The summed E-state index contributed by atoms with van der Waals surface area (Å²) in [6, 6.07) is 10.4. The van der Waals surface area contributed by atoms with Crippen LogP contribution in [-0.4, -0.2) is 37.2 Å². The van der Waals surface area contributed by atoms with Crippen molar-refractivity contribution in [2.45, 2.75) is 31.7 Å². The fraction of sp³-hybridized carbons (Fsp3) is 0.450. The number of carbonyl (C=O) groups is 1. The molecular weight excluding hydrogens is 348 g/mol. The Morgan fingerprint density at radius 2 is 2.04 bits per heavy atom. The van der Waals surface area contributed by atoms with Crippen molar-refractivity contribution in [2.24, 2.45) is 0 Å². The highest BCUT2D eigenvalue weighted by molar-refractivity contribution is 7.10. The molecule has 6 heteroatoms. The van der Waals surface area contributed by atoms with Crippen molar-refractivity contribution in [3.05, 3.63) is 46.2 Å². The van der Waals surface area contributed by atoms with Crippen LogP contribution in [0.5, 0.6) is 11.5 Å². The number of nitrogens with one attached hydrogen (secondary N) is 1. The molecule has 1 aromatic heterocycles. The number of fused-ring (bicyclic) bond motifs is 1. The van der Waals surface area contributed by atoms with Crippen molar-refractivity contribution in [2.75, 3.05) is 26.4 Å². The van der Waals surface area contributed by atoms with Crippen LogP contribution in [0.25, 0.3) is 0 Å². The molecule has 1 amide bonds. The monoisotopic (exact) mass is 372 g/mol. The molecular formula is C20H24N2O3S. The summed E-state index contributed by atoms with van der Waals surface area (Å²) in [5.74, 6) is 1.65. The number of hydrogen-bond donors (Lipinski definition) is 1. The summed E-state index contributed by atoms with van der Waals surface area (Å²) in [6.45, 7) is 3.20. The minimum Gasteiger partial charge on any atom is -0.454 e. The van der Waals surface area contributed by atoms with Crippen molar-refractivity contribution in [1.29, 1.82) is 0 Å². The topological polar surface area (TPSA) is 50.8 Å². The molecule has 2 aliphatic rings. The first-order valence-corrected chi connectivity index (χ1v) is 10.1. The zero-order valence-corrected chi connectivity index (χ0v) is 15.6. The Labute approximate surface area is 157 Å². The van der Waals surface area contributed by atoms with Gasteiger partial charge in [0.15, 0.2) is 11.5 Å². The summed E-state index contributed by atoms with van der Waals surface area (Å²) in [7, 11) is 0. The van der Waals surface area contributed by atoms with E-state index in [1.165, 1.54) is 17.7 Å². The van der Waals surface area contributed by atoms with E-state index >= 15 is 0 Å². The number of nitrogens with zero attached hydrogens (tertiary/aromatic N) is 1. The lowest BCUT2D eigenvalue weighted by Gasteiger charge is -2.26. The molecule has 1 saturated heterocycles. The van der Waals surface area contributed by atoms with Crippen molar-refractivity contribution in [1.82, 2.24) is 10.2 Å². The number of ether oxygens (including phenoxy) is 2. The SMILES string of the molecule is O=C(CCc1ccc2c(c1)OCO2)NCC(c1cccs1)N1CCCC1. The van der Waals surface area contributed by atoms with Crippen LogP contribution >= 0.6 is 11.3 Å². The van der Waals surface area contributed by atoms with Crippen molar-refractivity contribution >= 4 is 17.2 Å². The van der Waals surface area contributed by atoms with Gasteiger partial charge in [-0.25, -0.2) is 0 Å². The first-order valence-electron chi connectivity index (χ1n) is 9.22. The second kappa shape index (κ2) is 8.10. The van der Waals surface area contributed by atoms with Gasteiger partial charge in [0.1, 0.15) is 0 Å². The molecule has 138 valence electrons. The number of amides is 1. The third-order valence-electron chi connectivity index (χ3n) is 5.02. The molecule has 1 N–H and O–H groups in total. The van der Waals surface area contributed by atoms with Crippen LogP contribution in [0.4, 0.5) is 0 Å². The van der Waals surface area contributed by atoms with Crippen molar-refractivity contribution in [3.63, 3.8) is 0 Å². The summed E-state index contributed by atoms with van der Waals surface area (Å²) in [6.07, 6.45) is 3.69. The Morgan fingerprint density at radius 1 is 1.19 bits per heavy atom. The van der Waals surface area contributed by atoms with Crippen LogP contribution in [0.3, 0.4) is 0 Å². The minimum absolute atomic E-state index is 0.100. The van der Waals surface area contributed by atoms with Gasteiger partial charge >= 0.3 is 0 Å². The maximum atomic E-state index is 12.4. The lowest BCUT2D eigenvalue weighted by atomic mass is 10.1. The lowest BCUT2D eigenvalue weighted by Crippen LogP contribution is -2.36. The highest BCUT2D eigenvalue weighted by Crippen LogP contribution is 2.33. The van der Waals surface area contributed by atoms with E-state index < -0.39 is 0 Å². The second-order valence-electron chi connectivity index (χ2n) is 6.77. The molecule has 1 fully saturated rings. The Hall–Kier alpha value is -2.05. The fourth-order valence-electron chi connectivity index (χ4n) is 3.60. The molecule has 2 aromatic rings. The number of thiophene rings is 1. The van der Waals surface area contributed by atoms with Crippen LogP contribution in [0.1, 0.15) is 35.7 Å². The average molecular weight is 372 g/mol. The van der Waals surface area contributed by atoms with E-state index in [0.29, 0.717) is 25.4 Å². The maximum Gasteiger partial charge on any atom is 0.231 e. The predicted molar refractivity (Wildman–Crippen MR) is 102 cm³/mol. The van der Waals surface area contributed by atoms with E-state index in [2.05, 4.69) is 27.7 Å². The van der Waals surface area contributed by atoms with E-state index in [1.807, 2.05) is 18.2 Å². The van der Waals surface area contributed by atoms with E-state index in [-0.39, 0.29) is 12.7 Å². The van der Waals surface area contributed by atoms with Gasteiger partial charge in [0.2, 0.25) is 12.7 Å². The molecule has 1 unspecified atom stereocenters. The summed E-state index contributed by atoms with van der Waals surface area (Å²) >= 11 is 1.77. The van der Waals surface area contributed by atoms with Crippen LogP contribution in [-0.2, 0) is 11.2 Å². The molecule has 26 heavy (non-hydrogen) atoms. The fourth-order valence-corrected chi connectivity index (χ4v) is 4.46. The van der Waals surface area contributed by atoms with E-state index in [0.717, 1.165) is 30.2 Å². The zero-order valence-electron chi connectivity index (χ0n) is 14.8. The molecule has 0 radical (unpaired) electrons. The third-order valence-corrected chi connectivity index (χ3v) is 6.00. The Bertz CT molecular complexity index is 742. The molecule has 5 nitrogen and oxygen atoms in total. The van der Waals surface area contributed by atoms with Gasteiger partial charge in [-0.2, -0.15) is 0 Å². The van der Waals surface area contributed by atoms with E-state index in [9.17, 15) is 4.79 Å². The highest BCUT2D eigenvalue weighted by atomic mass is 32.1. The van der Waals surface area contributed by atoms with Gasteiger partial charge in [0, 0.05) is 17.8 Å². The van der Waals surface area contributed by atoms with Gasteiger partial charge in [-0.3, -0.25) is 9.69 Å². The number of hydrogen-bond acceptors (Lipinski definition) is 5. The predicted octanol–water partition coefficient (Wildman–Crippen LogP) is 3.36. The van der Waals surface area contributed by atoms with Crippen molar-refractivity contribution < 1.29 is 14.3 Å². The number of aryl methyl sites for hydroxylation is 1. The Morgan fingerprint density at radius 3 is 2.85 bits per heavy atom. The quantitative estimate of drug-likeness (QED) is 0.810. The summed E-state index contributed by atoms with van der Waals surface area (Å²) in [5, 5.41) is 5.25.